The van der Waals surface area contributed by atoms with E-state index in [0.29, 0.717) is 27.7 Å². The summed E-state index contributed by atoms with van der Waals surface area (Å²) in [5.74, 6) is -1.54. The molecule has 0 fully saturated rings. The van der Waals surface area contributed by atoms with Crippen LogP contribution in [0.25, 0.3) is 16.9 Å². The van der Waals surface area contributed by atoms with Crippen LogP contribution in [0.4, 0.5) is 5.69 Å². The summed E-state index contributed by atoms with van der Waals surface area (Å²) in [6.07, 6.45) is 3.04. The average molecular weight is 575 g/mol. The number of amides is 1. The largest absolute Gasteiger partial charge is 0.478 e. The predicted molar refractivity (Wildman–Crippen MR) is 150 cm³/mol. The predicted octanol–water partition coefficient (Wildman–Crippen LogP) is 4.92. The van der Waals surface area contributed by atoms with Crippen LogP contribution in [0.3, 0.4) is 0 Å². The van der Waals surface area contributed by atoms with Crippen LogP contribution in [-0.2, 0) is 11.2 Å². The molecule has 0 radical (unpaired) electrons. The second-order valence-corrected chi connectivity index (χ2v) is 9.57. The topological polar surface area (TPSA) is 132 Å². The van der Waals surface area contributed by atoms with E-state index in [4.69, 9.17) is 28.3 Å². The minimum absolute atomic E-state index is 0.0865. The Labute approximate surface area is 237 Å². The lowest BCUT2D eigenvalue weighted by molar-refractivity contribution is -0.119. The number of rotatable bonds is 8. The van der Waals surface area contributed by atoms with Gasteiger partial charge in [0.2, 0.25) is 5.91 Å². The van der Waals surface area contributed by atoms with Crippen molar-refractivity contribution in [2.45, 2.75) is 12.5 Å². The van der Waals surface area contributed by atoms with Gasteiger partial charge in [0.15, 0.2) is 5.15 Å². The number of halogens is 2. The fourth-order valence-corrected chi connectivity index (χ4v) is 4.44. The van der Waals surface area contributed by atoms with Gasteiger partial charge >= 0.3 is 5.97 Å². The molecule has 3 aromatic carbocycles. The van der Waals surface area contributed by atoms with E-state index >= 15 is 0 Å². The molecule has 0 saturated carbocycles. The number of aromatic nitrogens is 5. The van der Waals surface area contributed by atoms with Gasteiger partial charge in [0.25, 0.3) is 5.56 Å². The number of carbonyl (C=O) groups is 2. The third-order valence-corrected chi connectivity index (χ3v) is 6.50. The first-order valence-corrected chi connectivity index (χ1v) is 12.7. The monoisotopic (exact) mass is 574 g/mol. The highest BCUT2D eigenvalue weighted by molar-refractivity contribution is 6.31. The van der Waals surface area contributed by atoms with E-state index in [2.05, 4.69) is 20.6 Å². The number of nitrogens with one attached hydrogen (secondary N) is 1. The van der Waals surface area contributed by atoms with Crippen molar-refractivity contribution >= 4 is 40.8 Å². The first kappa shape index (κ1) is 26.8. The molecule has 2 heterocycles. The number of carboxylic acids is 1. The summed E-state index contributed by atoms with van der Waals surface area (Å²) in [6.45, 7) is 0. The van der Waals surface area contributed by atoms with Crippen LogP contribution < -0.4 is 10.9 Å². The summed E-state index contributed by atoms with van der Waals surface area (Å²) < 4.78 is 2.70. The maximum absolute atomic E-state index is 13.5. The van der Waals surface area contributed by atoms with Crippen LogP contribution in [0.2, 0.25) is 10.2 Å². The molecule has 200 valence electrons. The molecule has 0 saturated heterocycles. The van der Waals surface area contributed by atoms with Crippen LogP contribution in [-0.4, -0.2) is 41.5 Å². The average Bonchev–Trinajstić information content (AvgIpc) is 3.38. The van der Waals surface area contributed by atoms with Gasteiger partial charge in [-0.2, -0.15) is 0 Å². The van der Waals surface area contributed by atoms with E-state index in [9.17, 15) is 14.4 Å². The Kier molecular flexibility index (Phi) is 7.72. The van der Waals surface area contributed by atoms with Crippen LogP contribution in [0.15, 0.2) is 96.2 Å². The van der Waals surface area contributed by atoms with Crippen molar-refractivity contribution in [3.63, 3.8) is 0 Å². The molecule has 0 bridgehead atoms. The van der Waals surface area contributed by atoms with E-state index in [-0.39, 0.29) is 17.1 Å². The second kappa shape index (κ2) is 11.5. The lowest BCUT2D eigenvalue weighted by Gasteiger charge is -2.20. The normalized spacial score (nSPS) is 11.7. The summed E-state index contributed by atoms with van der Waals surface area (Å²) in [4.78, 5) is 42.6. The zero-order valence-corrected chi connectivity index (χ0v) is 22.1. The van der Waals surface area contributed by atoms with Crippen molar-refractivity contribution in [2.24, 2.45) is 0 Å². The third-order valence-electron chi connectivity index (χ3n) is 6.09. The number of hydrogen-bond acceptors (Lipinski definition) is 6. The molecule has 1 amide bonds. The highest BCUT2D eigenvalue weighted by Gasteiger charge is 2.24. The van der Waals surface area contributed by atoms with Crippen molar-refractivity contribution in [1.29, 1.82) is 0 Å². The van der Waals surface area contributed by atoms with E-state index in [1.165, 1.54) is 52.1 Å². The zero-order chi connectivity index (χ0) is 28.2. The minimum Gasteiger partial charge on any atom is -0.478 e. The lowest BCUT2D eigenvalue weighted by Crippen LogP contribution is -2.34. The summed E-state index contributed by atoms with van der Waals surface area (Å²) in [5.41, 5.74) is 2.22. The van der Waals surface area contributed by atoms with Crippen molar-refractivity contribution < 1.29 is 14.7 Å². The van der Waals surface area contributed by atoms with Gasteiger partial charge in [-0.05, 0) is 48.0 Å². The molecular formula is C28H20Cl2N6O4. The van der Waals surface area contributed by atoms with Crippen molar-refractivity contribution in [3.8, 4) is 16.9 Å². The van der Waals surface area contributed by atoms with Gasteiger partial charge in [-0.3, -0.25) is 14.2 Å². The number of nitrogens with zero attached hydrogens (tertiary/aromatic N) is 5. The standard InChI is InChI=1S/C28H20Cl2N6O4/c29-19-8-11-23(36-15-25(30)33-34-36)21(13-19)22-14-26(37)35(16-31-22)24(12-17-4-2-1-3-5-17)27(38)32-20-9-6-18(7-10-20)28(39)40/h1-11,13-16,24H,12H2,(H,32,38)(H,39,40)/t24-/m0/s1. The zero-order valence-electron chi connectivity index (χ0n) is 20.6. The van der Waals surface area contributed by atoms with Crippen molar-refractivity contribution in [3.05, 3.63) is 123 Å². The SMILES string of the molecule is O=C(O)c1ccc(NC(=O)[C@H](Cc2ccccc2)n2cnc(-c3cc(Cl)ccc3-n3cc(Cl)nn3)cc2=O)cc1. The molecule has 5 aromatic rings. The van der Waals surface area contributed by atoms with Crippen LogP contribution in [0.5, 0.6) is 0 Å². The smallest absolute Gasteiger partial charge is 0.335 e. The second-order valence-electron chi connectivity index (χ2n) is 8.74. The van der Waals surface area contributed by atoms with E-state index < -0.39 is 23.5 Å². The van der Waals surface area contributed by atoms with Crippen LogP contribution in [0, 0.1) is 0 Å². The fourth-order valence-electron chi connectivity index (χ4n) is 4.14. The van der Waals surface area contributed by atoms with Gasteiger partial charge in [-0.25, -0.2) is 14.5 Å². The fraction of sp³-hybridized carbons (Fsp3) is 0.0714. The molecule has 5 rings (SSSR count). The quantitative estimate of drug-likeness (QED) is 0.269. The Bertz CT molecular complexity index is 1750. The molecule has 40 heavy (non-hydrogen) atoms. The Morgan fingerprint density at radius 1 is 0.975 bits per heavy atom. The Hall–Kier alpha value is -4.80. The Balaban J connectivity index is 1.51. The van der Waals surface area contributed by atoms with Crippen molar-refractivity contribution in [2.75, 3.05) is 5.32 Å². The Morgan fingerprint density at radius 3 is 2.38 bits per heavy atom. The molecule has 0 spiro atoms. The molecule has 1 atom stereocenters. The van der Waals surface area contributed by atoms with Gasteiger partial charge in [0, 0.05) is 28.8 Å². The van der Waals surface area contributed by atoms with Gasteiger partial charge in [0.1, 0.15) is 6.04 Å². The molecule has 12 heteroatoms. The third kappa shape index (κ3) is 5.93. The number of carboxylic acid groups (broad SMARTS) is 1. The molecule has 0 unspecified atom stereocenters. The van der Waals surface area contributed by atoms with Crippen LogP contribution in [0.1, 0.15) is 22.0 Å². The van der Waals surface area contributed by atoms with Crippen LogP contribution >= 0.6 is 23.2 Å². The highest BCUT2D eigenvalue weighted by Crippen LogP contribution is 2.28. The Morgan fingerprint density at radius 2 is 1.73 bits per heavy atom. The summed E-state index contributed by atoms with van der Waals surface area (Å²) in [7, 11) is 0. The van der Waals surface area contributed by atoms with Gasteiger partial charge in [0.05, 0.1) is 29.5 Å². The van der Waals surface area contributed by atoms with E-state index in [0.717, 1.165) is 5.56 Å². The molecular weight excluding hydrogens is 555 g/mol. The molecule has 0 aliphatic carbocycles. The van der Waals surface area contributed by atoms with E-state index in [1.54, 1.807) is 18.2 Å². The maximum atomic E-state index is 13.5. The number of hydrogen-bond donors (Lipinski definition) is 2. The number of aromatic carboxylic acids is 1. The van der Waals surface area contributed by atoms with Gasteiger partial charge in [-0.1, -0.05) is 58.7 Å². The lowest BCUT2D eigenvalue weighted by atomic mass is 10.0. The molecule has 2 aromatic heterocycles. The highest BCUT2D eigenvalue weighted by atomic mass is 35.5. The number of anilines is 1. The van der Waals surface area contributed by atoms with E-state index in [1.807, 2.05) is 30.3 Å². The van der Waals surface area contributed by atoms with Gasteiger partial charge in [-0.15, -0.1) is 5.10 Å². The number of carbonyl (C=O) groups excluding carboxylic acids is 1. The molecule has 0 aliphatic rings. The minimum atomic E-state index is -1.08. The number of benzene rings is 3. The maximum Gasteiger partial charge on any atom is 0.335 e. The molecule has 0 aliphatic heterocycles. The summed E-state index contributed by atoms with van der Waals surface area (Å²) in [5, 5.41) is 20.3. The van der Waals surface area contributed by atoms with Crippen molar-refractivity contribution in [1.82, 2.24) is 24.5 Å². The first-order valence-electron chi connectivity index (χ1n) is 11.9. The first-order chi connectivity index (χ1) is 19.3. The molecule has 2 N–H and O–H groups in total. The summed E-state index contributed by atoms with van der Waals surface area (Å²) in [6, 6.07) is 20.4. The van der Waals surface area contributed by atoms with Gasteiger partial charge < -0.3 is 10.4 Å². The summed E-state index contributed by atoms with van der Waals surface area (Å²) >= 11 is 12.2. The molecule has 10 nitrogen and oxygen atoms in total.